The molecule has 1 heterocycles. The third-order valence-corrected chi connectivity index (χ3v) is 4.59. The van der Waals surface area contributed by atoms with Crippen LogP contribution in [0.5, 0.6) is 0 Å². The van der Waals surface area contributed by atoms with Gasteiger partial charge in [0.15, 0.2) is 0 Å². The predicted molar refractivity (Wildman–Crippen MR) is 75.9 cm³/mol. The van der Waals surface area contributed by atoms with E-state index in [1.54, 1.807) is 0 Å². The first-order chi connectivity index (χ1) is 8.85. The first-order valence-corrected chi connectivity index (χ1v) is 7.92. The second-order valence-corrected chi connectivity index (χ2v) is 5.83. The molecule has 1 N–H and O–H groups in total. The topological polar surface area (TPSA) is 24.5 Å². The zero-order valence-corrected chi connectivity index (χ0v) is 12.2. The fraction of sp³-hybridized carbons (Fsp3) is 1.00. The molecule has 0 spiro atoms. The van der Waals surface area contributed by atoms with Crippen LogP contribution in [-0.4, -0.2) is 49.3 Å². The van der Waals surface area contributed by atoms with Crippen LogP contribution < -0.4 is 5.32 Å². The maximum atomic E-state index is 5.61. The van der Waals surface area contributed by atoms with Crippen LogP contribution in [0, 0.1) is 0 Å². The van der Waals surface area contributed by atoms with Crippen molar-refractivity contribution >= 4 is 0 Å². The molecule has 3 nitrogen and oxygen atoms in total. The summed E-state index contributed by atoms with van der Waals surface area (Å²) in [6.07, 6.45) is 7.95. The fourth-order valence-corrected chi connectivity index (χ4v) is 3.46. The number of morpholine rings is 1. The van der Waals surface area contributed by atoms with Gasteiger partial charge in [-0.2, -0.15) is 0 Å². The molecule has 2 aliphatic rings. The Morgan fingerprint density at radius 2 is 1.94 bits per heavy atom. The summed E-state index contributed by atoms with van der Waals surface area (Å²) in [7, 11) is 0. The Balaban J connectivity index is 1.77. The quantitative estimate of drug-likeness (QED) is 0.815. The van der Waals surface area contributed by atoms with E-state index in [0.29, 0.717) is 6.04 Å². The molecular weight excluding hydrogens is 224 g/mol. The highest BCUT2D eigenvalue weighted by Crippen LogP contribution is 2.26. The summed E-state index contributed by atoms with van der Waals surface area (Å²) in [6.45, 7) is 8.76. The molecule has 18 heavy (non-hydrogen) atoms. The number of ether oxygens (including phenoxy) is 1. The molecule has 2 fully saturated rings. The Kier molecular flexibility index (Phi) is 5.93. The summed E-state index contributed by atoms with van der Waals surface area (Å²) >= 11 is 0. The molecule has 1 unspecified atom stereocenters. The average Bonchev–Trinajstić information content (AvgIpc) is 2.45. The van der Waals surface area contributed by atoms with Crippen LogP contribution in [0.15, 0.2) is 0 Å². The summed E-state index contributed by atoms with van der Waals surface area (Å²) in [5.74, 6) is 0. The number of hydrogen-bond acceptors (Lipinski definition) is 3. The van der Waals surface area contributed by atoms with Crippen LogP contribution in [0.4, 0.5) is 0 Å². The number of rotatable bonds is 5. The summed E-state index contributed by atoms with van der Waals surface area (Å²) in [5.41, 5.74) is 0. The first-order valence-electron chi connectivity index (χ1n) is 7.92. The Hall–Kier alpha value is -0.120. The van der Waals surface area contributed by atoms with Gasteiger partial charge < -0.3 is 10.1 Å². The molecule has 1 aliphatic heterocycles. The number of hydrogen-bond donors (Lipinski definition) is 1. The number of nitrogens with zero attached hydrogens (tertiary/aromatic N) is 1. The van der Waals surface area contributed by atoms with E-state index in [2.05, 4.69) is 24.1 Å². The van der Waals surface area contributed by atoms with E-state index in [0.717, 1.165) is 31.8 Å². The van der Waals surface area contributed by atoms with Crippen LogP contribution >= 0.6 is 0 Å². The molecule has 0 bridgehead atoms. The monoisotopic (exact) mass is 254 g/mol. The van der Waals surface area contributed by atoms with Gasteiger partial charge in [0.25, 0.3) is 0 Å². The standard InChI is InChI=1S/C15H30N2O/c1-3-9-16-13-5-7-15(8-6-13)17-10-11-18-12-14(17)4-2/h13-16H,3-12H2,1-2H3. The predicted octanol–water partition coefficient (Wildman–Crippen LogP) is 2.41. The Morgan fingerprint density at radius 1 is 1.17 bits per heavy atom. The molecule has 0 aromatic carbocycles. The zero-order valence-electron chi connectivity index (χ0n) is 12.2. The highest BCUT2D eigenvalue weighted by Gasteiger charge is 2.31. The van der Waals surface area contributed by atoms with Gasteiger partial charge in [0.2, 0.25) is 0 Å². The van der Waals surface area contributed by atoms with Crippen molar-refractivity contribution in [2.24, 2.45) is 0 Å². The van der Waals surface area contributed by atoms with Crippen molar-refractivity contribution in [3.05, 3.63) is 0 Å². The molecule has 0 radical (unpaired) electrons. The van der Waals surface area contributed by atoms with Gasteiger partial charge in [0, 0.05) is 24.7 Å². The minimum absolute atomic E-state index is 0.670. The van der Waals surface area contributed by atoms with E-state index in [1.807, 2.05) is 0 Å². The van der Waals surface area contributed by atoms with Crippen LogP contribution in [0.3, 0.4) is 0 Å². The minimum atomic E-state index is 0.670. The van der Waals surface area contributed by atoms with E-state index in [-0.39, 0.29) is 0 Å². The van der Waals surface area contributed by atoms with Gasteiger partial charge in [-0.25, -0.2) is 0 Å². The maximum Gasteiger partial charge on any atom is 0.0622 e. The SMILES string of the molecule is CCCNC1CCC(N2CCOCC2CC)CC1. The lowest BCUT2D eigenvalue weighted by molar-refractivity contribution is -0.0384. The van der Waals surface area contributed by atoms with E-state index in [9.17, 15) is 0 Å². The summed E-state index contributed by atoms with van der Waals surface area (Å²) in [5, 5.41) is 3.68. The summed E-state index contributed by atoms with van der Waals surface area (Å²) in [6, 6.07) is 2.27. The van der Waals surface area contributed by atoms with Gasteiger partial charge in [-0.15, -0.1) is 0 Å². The van der Waals surface area contributed by atoms with Crippen molar-refractivity contribution in [2.75, 3.05) is 26.3 Å². The van der Waals surface area contributed by atoms with Crippen molar-refractivity contribution in [3.63, 3.8) is 0 Å². The molecule has 2 rings (SSSR count). The Morgan fingerprint density at radius 3 is 2.61 bits per heavy atom. The third-order valence-electron chi connectivity index (χ3n) is 4.59. The van der Waals surface area contributed by atoms with Crippen LogP contribution in [0.2, 0.25) is 0 Å². The number of nitrogens with one attached hydrogen (secondary N) is 1. The van der Waals surface area contributed by atoms with Crippen molar-refractivity contribution in [1.29, 1.82) is 0 Å². The fourth-order valence-electron chi connectivity index (χ4n) is 3.46. The third kappa shape index (κ3) is 3.69. The summed E-state index contributed by atoms with van der Waals surface area (Å²) < 4.78 is 5.61. The minimum Gasteiger partial charge on any atom is -0.378 e. The zero-order chi connectivity index (χ0) is 12.8. The lowest BCUT2D eigenvalue weighted by Crippen LogP contribution is -2.52. The van der Waals surface area contributed by atoms with Gasteiger partial charge in [-0.1, -0.05) is 13.8 Å². The lowest BCUT2D eigenvalue weighted by atomic mass is 9.89. The van der Waals surface area contributed by atoms with E-state index >= 15 is 0 Å². The van der Waals surface area contributed by atoms with Crippen LogP contribution in [0.25, 0.3) is 0 Å². The molecule has 106 valence electrons. The van der Waals surface area contributed by atoms with E-state index in [4.69, 9.17) is 4.74 Å². The Bertz CT molecular complexity index is 227. The van der Waals surface area contributed by atoms with Crippen molar-refractivity contribution in [3.8, 4) is 0 Å². The largest absolute Gasteiger partial charge is 0.378 e. The lowest BCUT2D eigenvalue weighted by Gasteiger charge is -2.43. The molecule has 1 saturated heterocycles. The molecular formula is C15H30N2O. The van der Waals surface area contributed by atoms with Gasteiger partial charge in [-0.3, -0.25) is 4.90 Å². The molecule has 0 aromatic rings. The highest BCUT2D eigenvalue weighted by molar-refractivity contribution is 4.87. The van der Waals surface area contributed by atoms with Crippen molar-refractivity contribution in [1.82, 2.24) is 10.2 Å². The van der Waals surface area contributed by atoms with Gasteiger partial charge in [0.1, 0.15) is 0 Å². The Labute approximate surface area is 112 Å². The van der Waals surface area contributed by atoms with Gasteiger partial charge in [-0.05, 0) is 45.1 Å². The second-order valence-electron chi connectivity index (χ2n) is 5.83. The molecule has 3 heteroatoms. The molecule has 1 saturated carbocycles. The molecule has 0 amide bonds. The molecule has 1 aliphatic carbocycles. The molecule has 0 aromatic heterocycles. The van der Waals surface area contributed by atoms with E-state index < -0.39 is 0 Å². The van der Waals surface area contributed by atoms with E-state index in [1.165, 1.54) is 45.1 Å². The normalized spacial score (nSPS) is 34.7. The second kappa shape index (κ2) is 7.46. The summed E-state index contributed by atoms with van der Waals surface area (Å²) in [4.78, 5) is 2.74. The van der Waals surface area contributed by atoms with Crippen LogP contribution in [-0.2, 0) is 4.74 Å². The van der Waals surface area contributed by atoms with Crippen LogP contribution in [0.1, 0.15) is 52.4 Å². The smallest absolute Gasteiger partial charge is 0.0622 e. The average molecular weight is 254 g/mol. The highest BCUT2D eigenvalue weighted by atomic mass is 16.5. The first kappa shape index (κ1) is 14.3. The maximum absolute atomic E-state index is 5.61. The van der Waals surface area contributed by atoms with Gasteiger partial charge in [0.05, 0.1) is 13.2 Å². The van der Waals surface area contributed by atoms with Crippen molar-refractivity contribution < 1.29 is 4.74 Å². The van der Waals surface area contributed by atoms with Gasteiger partial charge >= 0.3 is 0 Å². The van der Waals surface area contributed by atoms with Crippen molar-refractivity contribution in [2.45, 2.75) is 70.5 Å². The molecule has 1 atom stereocenters.